The molecule has 1 aliphatic rings. The molecule has 1 aromatic rings. The van der Waals surface area contributed by atoms with Gasteiger partial charge in [-0.1, -0.05) is 6.92 Å². The summed E-state index contributed by atoms with van der Waals surface area (Å²) in [5, 5.41) is 6.76. The van der Waals surface area contributed by atoms with Crippen LogP contribution >= 0.6 is 24.0 Å². The molecule has 2 N–H and O–H groups in total. The van der Waals surface area contributed by atoms with Gasteiger partial charge in [-0.05, 0) is 58.6 Å². The molecule has 2 heterocycles. The standard InChI is InChI=1S/C18H33N5O.HI/c1-4-19-18(20-10-13-22(3)5-2)21-15-16(17-9-8-14-24-17)23-11-6-7-12-23;/h8-9,14,16H,4-7,10-13,15H2,1-3H3,(H2,19,20,21);1H. The molecule has 6 nitrogen and oxygen atoms in total. The van der Waals surface area contributed by atoms with Crippen molar-refractivity contribution in [1.82, 2.24) is 20.4 Å². The molecular formula is C18H34IN5O. The zero-order valence-corrected chi connectivity index (χ0v) is 18.2. The highest BCUT2D eigenvalue weighted by Crippen LogP contribution is 2.25. The maximum atomic E-state index is 5.67. The van der Waals surface area contributed by atoms with Gasteiger partial charge in [-0.25, -0.2) is 0 Å². The number of hydrogen-bond acceptors (Lipinski definition) is 4. The first-order valence-electron chi connectivity index (χ1n) is 9.22. The number of rotatable bonds is 9. The predicted molar refractivity (Wildman–Crippen MR) is 115 cm³/mol. The van der Waals surface area contributed by atoms with Gasteiger partial charge in [0.25, 0.3) is 0 Å². The van der Waals surface area contributed by atoms with E-state index in [1.165, 1.54) is 12.8 Å². The minimum atomic E-state index is 0. The van der Waals surface area contributed by atoms with Crippen molar-refractivity contribution in [1.29, 1.82) is 0 Å². The summed E-state index contributed by atoms with van der Waals surface area (Å²) >= 11 is 0. The van der Waals surface area contributed by atoms with Crippen LogP contribution in [0.1, 0.15) is 38.5 Å². The van der Waals surface area contributed by atoms with Crippen LogP contribution in [-0.2, 0) is 0 Å². The monoisotopic (exact) mass is 463 g/mol. The van der Waals surface area contributed by atoms with E-state index in [4.69, 9.17) is 9.41 Å². The van der Waals surface area contributed by atoms with E-state index in [0.717, 1.165) is 51.0 Å². The van der Waals surface area contributed by atoms with Gasteiger partial charge in [0, 0.05) is 19.6 Å². The third-order valence-corrected chi connectivity index (χ3v) is 4.55. The molecule has 0 aliphatic carbocycles. The highest BCUT2D eigenvalue weighted by Gasteiger charge is 2.25. The van der Waals surface area contributed by atoms with Gasteiger partial charge >= 0.3 is 0 Å². The second-order valence-corrected chi connectivity index (χ2v) is 6.32. The Balaban J connectivity index is 0.00000312. The Morgan fingerprint density at radius 2 is 2.08 bits per heavy atom. The van der Waals surface area contributed by atoms with Crippen molar-refractivity contribution in [2.45, 2.75) is 32.7 Å². The zero-order valence-electron chi connectivity index (χ0n) is 15.8. The molecule has 1 atom stereocenters. The van der Waals surface area contributed by atoms with E-state index in [1.54, 1.807) is 6.26 Å². The Morgan fingerprint density at radius 1 is 1.32 bits per heavy atom. The molecule has 0 amide bonds. The van der Waals surface area contributed by atoms with Gasteiger partial charge < -0.3 is 20.0 Å². The summed E-state index contributed by atoms with van der Waals surface area (Å²) in [6.07, 6.45) is 4.29. The van der Waals surface area contributed by atoms with Crippen molar-refractivity contribution in [2.75, 3.05) is 52.9 Å². The van der Waals surface area contributed by atoms with E-state index in [-0.39, 0.29) is 30.0 Å². The van der Waals surface area contributed by atoms with Crippen molar-refractivity contribution in [3.05, 3.63) is 24.2 Å². The van der Waals surface area contributed by atoms with Crippen LogP contribution in [0.4, 0.5) is 0 Å². The van der Waals surface area contributed by atoms with E-state index >= 15 is 0 Å². The summed E-state index contributed by atoms with van der Waals surface area (Å²) in [6, 6.07) is 4.26. The Hall–Kier alpha value is -0.800. The maximum absolute atomic E-state index is 5.67. The minimum Gasteiger partial charge on any atom is -0.468 e. The van der Waals surface area contributed by atoms with Crippen LogP contribution in [0, 0.1) is 0 Å². The summed E-state index contributed by atoms with van der Waals surface area (Å²) in [5.41, 5.74) is 0. The Morgan fingerprint density at radius 3 is 2.68 bits per heavy atom. The Labute approximate surface area is 169 Å². The number of hydrogen-bond donors (Lipinski definition) is 2. The lowest BCUT2D eigenvalue weighted by Crippen LogP contribution is -2.41. The van der Waals surface area contributed by atoms with Crippen LogP contribution in [-0.4, -0.2) is 68.6 Å². The molecular weight excluding hydrogens is 429 g/mol. The van der Waals surface area contributed by atoms with Gasteiger partial charge in [0.15, 0.2) is 5.96 Å². The number of furan rings is 1. The van der Waals surface area contributed by atoms with Crippen LogP contribution < -0.4 is 10.6 Å². The zero-order chi connectivity index (χ0) is 17.2. The van der Waals surface area contributed by atoms with Gasteiger partial charge in [0.2, 0.25) is 0 Å². The van der Waals surface area contributed by atoms with E-state index in [2.05, 4.69) is 47.4 Å². The smallest absolute Gasteiger partial charge is 0.191 e. The number of halogens is 1. The third-order valence-electron chi connectivity index (χ3n) is 4.55. The fourth-order valence-corrected chi connectivity index (χ4v) is 2.96. The minimum absolute atomic E-state index is 0. The number of likely N-dealkylation sites (N-methyl/N-ethyl adjacent to an activating group) is 1. The number of guanidine groups is 1. The van der Waals surface area contributed by atoms with E-state index in [9.17, 15) is 0 Å². The summed E-state index contributed by atoms with van der Waals surface area (Å²) < 4.78 is 5.67. The first-order chi connectivity index (χ1) is 11.7. The summed E-state index contributed by atoms with van der Waals surface area (Å²) in [4.78, 5) is 9.58. The van der Waals surface area contributed by atoms with Gasteiger partial charge in [0.1, 0.15) is 5.76 Å². The molecule has 25 heavy (non-hydrogen) atoms. The van der Waals surface area contributed by atoms with E-state index < -0.39 is 0 Å². The number of nitrogens with one attached hydrogen (secondary N) is 2. The van der Waals surface area contributed by atoms with Crippen molar-refractivity contribution in [3.8, 4) is 0 Å². The van der Waals surface area contributed by atoms with Crippen LogP contribution in [0.5, 0.6) is 0 Å². The van der Waals surface area contributed by atoms with Crippen LogP contribution in [0.25, 0.3) is 0 Å². The summed E-state index contributed by atoms with van der Waals surface area (Å²) in [6.45, 7) is 11.1. The Kier molecular flexibility index (Phi) is 11.2. The Bertz CT molecular complexity index is 474. The highest BCUT2D eigenvalue weighted by atomic mass is 127. The molecule has 1 unspecified atom stereocenters. The molecule has 7 heteroatoms. The van der Waals surface area contributed by atoms with Gasteiger partial charge in [0.05, 0.1) is 18.8 Å². The van der Waals surface area contributed by atoms with Crippen molar-refractivity contribution >= 4 is 29.9 Å². The number of nitrogens with zero attached hydrogens (tertiary/aromatic N) is 3. The van der Waals surface area contributed by atoms with Crippen molar-refractivity contribution in [3.63, 3.8) is 0 Å². The lowest BCUT2D eigenvalue weighted by atomic mass is 10.2. The van der Waals surface area contributed by atoms with Crippen molar-refractivity contribution in [2.24, 2.45) is 4.99 Å². The molecule has 0 spiro atoms. The van der Waals surface area contributed by atoms with E-state index in [1.807, 2.05) is 6.07 Å². The average molecular weight is 463 g/mol. The second kappa shape index (κ2) is 12.5. The maximum Gasteiger partial charge on any atom is 0.191 e. The summed E-state index contributed by atoms with van der Waals surface area (Å²) in [7, 11) is 2.13. The number of aliphatic imine (C=N–C) groups is 1. The summed E-state index contributed by atoms with van der Waals surface area (Å²) in [5.74, 6) is 1.90. The molecule has 1 aliphatic heterocycles. The molecule has 1 saturated heterocycles. The topological polar surface area (TPSA) is 56.0 Å². The fourth-order valence-electron chi connectivity index (χ4n) is 2.96. The molecule has 0 saturated carbocycles. The lowest BCUT2D eigenvalue weighted by molar-refractivity contribution is 0.221. The molecule has 1 fully saturated rings. The van der Waals surface area contributed by atoms with Crippen LogP contribution in [0.15, 0.2) is 27.8 Å². The number of likely N-dealkylation sites (tertiary alicyclic amines) is 1. The normalized spacial score (nSPS) is 16.7. The first-order valence-corrected chi connectivity index (χ1v) is 9.22. The fraction of sp³-hybridized carbons (Fsp3) is 0.722. The molecule has 0 aromatic carbocycles. The van der Waals surface area contributed by atoms with Gasteiger partial charge in [-0.3, -0.25) is 9.89 Å². The highest BCUT2D eigenvalue weighted by molar-refractivity contribution is 14.0. The largest absolute Gasteiger partial charge is 0.468 e. The molecule has 144 valence electrons. The molecule has 1 aromatic heterocycles. The second-order valence-electron chi connectivity index (χ2n) is 6.32. The predicted octanol–water partition coefficient (Wildman–Crippen LogP) is 2.54. The quantitative estimate of drug-likeness (QED) is 0.335. The average Bonchev–Trinajstić information content (AvgIpc) is 3.29. The lowest BCUT2D eigenvalue weighted by Gasteiger charge is -2.24. The first kappa shape index (κ1) is 22.2. The van der Waals surface area contributed by atoms with E-state index in [0.29, 0.717) is 6.54 Å². The molecule has 2 rings (SSSR count). The van der Waals surface area contributed by atoms with Gasteiger partial charge in [-0.15, -0.1) is 24.0 Å². The van der Waals surface area contributed by atoms with Gasteiger partial charge in [-0.2, -0.15) is 0 Å². The third kappa shape index (κ3) is 7.53. The van der Waals surface area contributed by atoms with Crippen LogP contribution in [0.2, 0.25) is 0 Å². The molecule has 0 radical (unpaired) electrons. The van der Waals surface area contributed by atoms with Crippen molar-refractivity contribution < 1.29 is 4.42 Å². The molecule has 0 bridgehead atoms. The SMILES string of the molecule is CCNC(=NCC(c1ccco1)N1CCCC1)NCCN(C)CC.I. The van der Waals surface area contributed by atoms with Crippen LogP contribution in [0.3, 0.4) is 0 Å².